The molecule has 16 heavy (non-hydrogen) atoms. The maximum atomic E-state index is 6.11. The van der Waals surface area contributed by atoms with Gasteiger partial charge in [0.15, 0.2) is 0 Å². The van der Waals surface area contributed by atoms with Crippen molar-refractivity contribution in [2.75, 3.05) is 7.11 Å². The number of hydrogen-bond donors (Lipinski definition) is 1. The molecule has 1 aliphatic rings. The number of rotatable bonds is 3. The van der Waals surface area contributed by atoms with Gasteiger partial charge in [-0.05, 0) is 48.2 Å². The van der Waals surface area contributed by atoms with Crippen molar-refractivity contribution in [3.63, 3.8) is 0 Å². The summed E-state index contributed by atoms with van der Waals surface area (Å²) in [5, 5.41) is 0. The minimum Gasteiger partial charge on any atom is -0.495 e. The lowest BCUT2D eigenvalue weighted by Gasteiger charge is -2.23. The molecule has 1 aromatic rings. The number of benzene rings is 1. The van der Waals surface area contributed by atoms with Crippen LogP contribution in [0.5, 0.6) is 5.75 Å². The molecule has 0 radical (unpaired) electrons. The highest BCUT2D eigenvalue weighted by Crippen LogP contribution is 2.54. The Kier molecular flexibility index (Phi) is 3.01. The van der Waals surface area contributed by atoms with E-state index >= 15 is 0 Å². The first-order valence-corrected chi connectivity index (χ1v) is 6.41. The lowest BCUT2D eigenvalue weighted by Crippen LogP contribution is -2.32. The Hall–Kier alpha value is -0.540. The zero-order valence-electron chi connectivity index (χ0n) is 10.0. The van der Waals surface area contributed by atoms with Gasteiger partial charge < -0.3 is 10.5 Å². The maximum Gasteiger partial charge on any atom is 0.137 e. The van der Waals surface area contributed by atoms with Crippen molar-refractivity contribution < 1.29 is 4.74 Å². The van der Waals surface area contributed by atoms with E-state index in [9.17, 15) is 0 Å². The van der Waals surface area contributed by atoms with E-state index in [1.165, 1.54) is 11.1 Å². The second-order valence-corrected chi connectivity index (χ2v) is 5.52. The summed E-state index contributed by atoms with van der Waals surface area (Å²) >= 11 is 3.59. The van der Waals surface area contributed by atoms with Crippen molar-refractivity contribution in [2.45, 2.75) is 38.1 Å². The molecule has 3 heteroatoms. The summed E-state index contributed by atoms with van der Waals surface area (Å²) in [6.45, 7) is 4.15. The van der Waals surface area contributed by atoms with Crippen LogP contribution >= 0.6 is 15.9 Å². The van der Waals surface area contributed by atoms with Crippen molar-refractivity contribution in [2.24, 2.45) is 5.73 Å². The van der Waals surface area contributed by atoms with Crippen molar-refractivity contribution in [3.8, 4) is 5.75 Å². The van der Waals surface area contributed by atoms with E-state index < -0.39 is 0 Å². The first-order chi connectivity index (χ1) is 7.53. The molecule has 1 saturated carbocycles. The van der Waals surface area contributed by atoms with Crippen LogP contribution in [0.3, 0.4) is 0 Å². The van der Waals surface area contributed by atoms with Gasteiger partial charge in [-0.1, -0.05) is 12.1 Å². The predicted octanol–water partition coefficient (Wildman–Crippen LogP) is 3.14. The molecular weight excluding hydrogens is 266 g/mol. The molecule has 1 aromatic carbocycles. The number of nitrogens with two attached hydrogens (primary N) is 1. The summed E-state index contributed by atoms with van der Waals surface area (Å²) in [6, 6.07) is 4.47. The first kappa shape index (κ1) is 11.9. The molecule has 2 rings (SSSR count). The Bertz CT molecular complexity index is 411. The monoisotopic (exact) mass is 283 g/mol. The highest BCUT2D eigenvalue weighted by atomic mass is 79.9. The third-order valence-corrected chi connectivity index (χ3v) is 4.68. The molecule has 0 amide bonds. The average molecular weight is 284 g/mol. The number of methoxy groups -OCH3 is 1. The fraction of sp³-hybridized carbons (Fsp3) is 0.538. The first-order valence-electron chi connectivity index (χ1n) is 5.62. The average Bonchev–Trinajstić information content (AvgIpc) is 3.02. The van der Waals surface area contributed by atoms with Gasteiger partial charge in [-0.15, -0.1) is 0 Å². The van der Waals surface area contributed by atoms with Gasteiger partial charge in [0, 0.05) is 17.0 Å². The van der Waals surface area contributed by atoms with Crippen molar-refractivity contribution in [3.05, 3.63) is 27.7 Å². The van der Waals surface area contributed by atoms with Gasteiger partial charge in [0.2, 0.25) is 0 Å². The van der Waals surface area contributed by atoms with Gasteiger partial charge >= 0.3 is 0 Å². The van der Waals surface area contributed by atoms with Gasteiger partial charge in [-0.3, -0.25) is 0 Å². The largest absolute Gasteiger partial charge is 0.495 e. The predicted molar refractivity (Wildman–Crippen MR) is 70.0 cm³/mol. The number of ether oxygens (including phenoxy) is 1. The van der Waals surface area contributed by atoms with Crippen molar-refractivity contribution >= 4 is 15.9 Å². The van der Waals surface area contributed by atoms with Crippen LogP contribution in [0.2, 0.25) is 0 Å². The van der Waals surface area contributed by atoms with Gasteiger partial charge in [0.1, 0.15) is 5.75 Å². The second-order valence-electron chi connectivity index (χ2n) is 4.72. The molecule has 0 bridgehead atoms. The molecule has 1 fully saturated rings. The normalized spacial score (nSPS) is 19.3. The highest BCUT2D eigenvalue weighted by Gasteiger charge is 2.49. The van der Waals surface area contributed by atoms with E-state index in [4.69, 9.17) is 10.5 Å². The van der Waals surface area contributed by atoms with Crippen LogP contribution in [-0.2, 0) is 5.41 Å². The summed E-state index contributed by atoms with van der Waals surface area (Å²) < 4.78 is 6.59. The summed E-state index contributed by atoms with van der Waals surface area (Å²) in [4.78, 5) is 0. The van der Waals surface area contributed by atoms with Crippen LogP contribution in [0.15, 0.2) is 16.6 Å². The van der Waals surface area contributed by atoms with Gasteiger partial charge in [0.05, 0.1) is 11.6 Å². The molecule has 1 atom stereocenters. The van der Waals surface area contributed by atoms with Crippen molar-refractivity contribution in [1.29, 1.82) is 0 Å². The Balaban J connectivity index is 2.54. The van der Waals surface area contributed by atoms with Crippen molar-refractivity contribution in [1.82, 2.24) is 0 Å². The van der Waals surface area contributed by atoms with Crippen LogP contribution < -0.4 is 10.5 Å². The third kappa shape index (κ3) is 1.66. The lowest BCUT2D eigenvalue weighted by atomic mass is 9.88. The minimum absolute atomic E-state index is 0.140. The van der Waals surface area contributed by atoms with E-state index in [2.05, 4.69) is 41.9 Å². The summed E-state index contributed by atoms with van der Waals surface area (Å²) in [5.41, 5.74) is 8.69. The summed E-state index contributed by atoms with van der Waals surface area (Å²) in [6.07, 6.45) is 2.33. The number of aryl methyl sites for hydroxylation is 1. The molecule has 0 heterocycles. The minimum atomic E-state index is 0.140. The van der Waals surface area contributed by atoms with E-state index in [1.54, 1.807) is 7.11 Å². The molecule has 0 aliphatic heterocycles. The number of halogens is 1. The van der Waals surface area contributed by atoms with Crippen LogP contribution in [-0.4, -0.2) is 13.2 Å². The Morgan fingerprint density at radius 3 is 2.50 bits per heavy atom. The van der Waals surface area contributed by atoms with Crippen LogP contribution in [0.1, 0.15) is 30.9 Å². The third-order valence-electron chi connectivity index (χ3n) is 3.69. The molecule has 0 saturated heterocycles. The van der Waals surface area contributed by atoms with Crippen LogP contribution in [0.25, 0.3) is 0 Å². The topological polar surface area (TPSA) is 35.2 Å². The van der Waals surface area contributed by atoms with Gasteiger partial charge in [0.25, 0.3) is 0 Å². The molecule has 88 valence electrons. The van der Waals surface area contributed by atoms with E-state index in [1.807, 2.05) is 0 Å². The Labute approximate surface area is 105 Å². The van der Waals surface area contributed by atoms with Crippen LogP contribution in [0.4, 0.5) is 0 Å². The van der Waals surface area contributed by atoms with Crippen LogP contribution in [0, 0.1) is 6.92 Å². The Morgan fingerprint density at radius 1 is 1.44 bits per heavy atom. The molecule has 0 aromatic heterocycles. The molecule has 2 nitrogen and oxygen atoms in total. The van der Waals surface area contributed by atoms with Gasteiger partial charge in [-0.2, -0.15) is 0 Å². The molecule has 0 spiro atoms. The quantitative estimate of drug-likeness (QED) is 0.925. The fourth-order valence-electron chi connectivity index (χ4n) is 2.35. The zero-order chi connectivity index (χ0) is 11.9. The van der Waals surface area contributed by atoms with E-state index in [-0.39, 0.29) is 11.5 Å². The smallest absolute Gasteiger partial charge is 0.137 e. The summed E-state index contributed by atoms with van der Waals surface area (Å²) in [5.74, 6) is 0.954. The SMILES string of the molecule is COc1c(C2(C(C)N)CC2)ccc(C)c1Br. The number of hydrogen-bond acceptors (Lipinski definition) is 2. The second kappa shape index (κ2) is 4.04. The highest BCUT2D eigenvalue weighted by molar-refractivity contribution is 9.10. The summed E-state index contributed by atoms with van der Waals surface area (Å²) in [7, 11) is 1.72. The van der Waals surface area contributed by atoms with E-state index in [0.29, 0.717) is 0 Å². The fourth-order valence-corrected chi connectivity index (χ4v) is 2.86. The maximum absolute atomic E-state index is 6.11. The molecule has 1 unspecified atom stereocenters. The Morgan fingerprint density at radius 2 is 2.06 bits per heavy atom. The zero-order valence-corrected chi connectivity index (χ0v) is 11.6. The molecule has 2 N–H and O–H groups in total. The van der Waals surface area contributed by atoms with Gasteiger partial charge in [-0.25, -0.2) is 0 Å². The lowest BCUT2D eigenvalue weighted by molar-refractivity contribution is 0.395. The van der Waals surface area contributed by atoms with E-state index in [0.717, 1.165) is 23.1 Å². The molecule has 1 aliphatic carbocycles. The standard InChI is InChI=1S/C13H18BrNO/c1-8-4-5-10(12(16-3)11(8)14)13(6-7-13)9(2)15/h4-5,9H,6-7,15H2,1-3H3. The molecular formula is C13H18BrNO.